The van der Waals surface area contributed by atoms with Gasteiger partial charge in [-0.15, -0.1) is 0 Å². The minimum atomic E-state index is -1.24. The Labute approximate surface area is 117 Å². The second kappa shape index (κ2) is 4.65. The van der Waals surface area contributed by atoms with E-state index in [9.17, 15) is 4.79 Å². The largest absolute Gasteiger partial charge is 0.415 e. The molecule has 0 N–H and O–H groups in total. The van der Waals surface area contributed by atoms with Gasteiger partial charge in [-0.1, -0.05) is 26.1 Å². The molecule has 1 saturated heterocycles. The van der Waals surface area contributed by atoms with Gasteiger partial charge < -0.3 is 9.64 Å². The smallest absolute Gasteiger partial charge is 0.415 e. The van der Waals surface area contributed by atoms with E-state index in [2.05, 4.69) is 19.6 Å². The molecule has 19 heavy (non-hydrogen) atoms. The van der Waals surface area contributed by atoms with Gasteiger partial charge in [-0.3, -0.25) is 0 Å². The van der Waals surface area contributed by atoms with Crippen molar-refractivity contribution in [1.82, 2.24) is 4.90 Å². The zero-order chi connectivity index (χ0) is 13.6. The molecule has 0 unspecified atom stereocenters. The summed E-state index contributed by atoms with van der Waals surface area (Å²) in [5.74, 6) is 1.75. The Balaban J connectivity index is 1.95. The van der Waals surface area contributed by atoms with Crippen LogP contribution in [0, 0.1) is 5.92 Å². The van der Waals surface area contributed by atoms with E-state index in [-0.39, 0.29) is 6.09 Å². The summed E-state index contributed by atoms with van der Waals surface area (Å²) in [5.41, 5.74) is 1.47. The number of hydrogen-bond donors (Lipinski definition) is 0. The second-order valence-corrected chi connectivity index (χ2v) is 13.0. The van der Waals surface area contributed by atoms with Crippen molar-refractivity contribution >= 4 is 14.2 Å². The molecule has 106 valence electrons. The molecule has 2 aliphatic heterocycles. The Kier molecular flexibility index (Phi) is 3.24. The molecule has 1 saturated carbocycles. The van der Waals surface area contributed by atoms with Crippen LogP contribution in [0.2, 0.25) is 25.7 Å². The number of amides is 1. The lowest BCUT2D eigenvalue weighted by Crippen LogP contribution is -2.46. The van der Waals surface area contributed by atoms with E-state index in [1.807, 2.05) is 4.90 Å². The van der Waals surface area contributed by atoms with E-state index < -0.39 is 8.07 Å². The molecule has 2 fully saturated rings. The number of rotatable bonds is 2. The van der Waals surface area contributed by atoms with Gasteiger partial charge in [-0.25, -0.2) is 4.79 Å². The highest BCUT2D eigenvalue weighted by molar-refractivity contribution is 6.76. The Morgan fingerprint density at radius 1 is 1.26 bits per heavy atom. The standard InChI is InChI=1S/C15H25NO2Si/c1-19(2,3)10-13-12-8-7-11-6-4-5-9-16(14(11)12)15(17)18-13/h11,14H,4-10H2,1-3H3/t11-,14-/m1/s1. The number of allylic oxidation sites excluding steroid dienone is 1. The summed E-state index contributed by atoms with van der Waals surface area (Å²) >= 11 is 0. The van der Waals surface area contributed by atoms with Crippen LogP contribution >= 0.6 is 0 Å². The Bertz CT molecular complexity index is 424. The molecule has 0 aromatic heterocycles. The lowest BCUT2D eigenvalue weighted by molar-refractivity contribution is 0.0949. The normalized spacial score (nSPS) is 31.1. The maximum absolute atomic E-state index is 12.3. The van der Waals surface area contributed by atoms with Gasteiger partial charge in [0.25, 0.3) is 0 Å². The van der Waals surface area contributed by atoms with Gasteiger partial charge in [-0.05, 0) is 37.2 Å². The molecule has 3 rings (SSSR count). The number of hydrogen-bond acceptors (Lipinski definition) is 2. The van der Waals surface area contributed by atoms with Gasteiger partial charge in [0, 0.05) is 12.6 Å². The highest BCUT2D eigenvalue weighted by Crippen LogP contribution is 2.45. The molecule has 0 aromatic rings. The minimum Gasteiger partial charge on any atom is -0.415 e. The summed E-state index contributed by atoms with van der Waals surface area (Å²) in [6, 6.07) is 1.40. The fourth-order valence-electron chi connectivity index (χ4n) is 3.87. The number of ether oxygens (including phenoxy) is 1. The summed E-state index contributed by atoms with van der Waals surface area (Å²) in [5, 5.41) is 0. The highest BCUT2D eigenvalue weighted by atomic mass is 28.3. The van der Waals surface area contributed by atoms with Crippen LogP contribution in [0.3, 0.4) is 0 Å². The molecule has 2 heterocycles. The van der Waals surface area contributed by atoms with E-state index >= 15 is 0 Å². The Morgan fingerprint density at radius 3 is 2.79 bits per heavy atom. The van der Waals surface area contributed by atoms with E-state index in [4.69, 9.17) is 4.74 Å². The predicted molar refractivity (Wildman–Crippen MR) is 78.7 cm³/mol. The molecule has 1 amide bonds. The van der Waals surface area contributed by atoms with Crippen molar-refractivity contribution < 1.29 is 9.53 Å². The number of nitrogens with zero attached hydrogens (tertiary/aromatic N) is 1. The summed E-state index contributed by atoms with van der Waals surface area (Å²) in [4.78, 5) is 14.3. The van der Waals surface area contributed by atoms with E-state index in [1.54, 1.807) is 0 Å². The van der Waals surface area contributed by atoms with Crippen LogP contribution in [0.1, 0.15) is 32.1 Å². The quantitative estimate of drug-likeness (QED) is 0.715. The lowest BCUT2D eigenvalue weighted by Gasteiger charge is -2.37. The van der Waals surface area contributed by atoms with Crippen molar-refractivity contribution in [3.63, 3.8) is 0 Å². The average molecular weight is 279 g/mol. The average Bonchev–Trinajstić information content (AvgIpc) is 2.58. The zero-order valence-electron chi connectivity index (χ0n) is 12.4. The van der Waals surface area contributed by atoms with Crippen LogP contribution in [0.25, 0.3) is 0 Å². The first-order chi connectivity index (χ1) is 8.96. The minimum absolute atomic E-state index is 0.0733. The van der Waals surface area contributed by atoms with Crippen molar-refractivity contribution in [3.05, 3.63) is 11.3 Å². The molecule has 0 aromatic carbocycles. The second-order valence-electron chi connectivity index (χ2n) is 7.49. The van der Waals surface area contributed by atoms with Gasteiger partial charge in [0.1, 0.15) is 5.76 Å². The highest BCUT2D eigenvalue weighted by Gasteiger charge is 2.45. The van der Waals surface area contributed by atoms with Gasteiger partial charge in [0.2, 0.25) is 0 Å². The summed E-state index contributed by atoms with van der Waals surface area (Å²) in [6.07, 6.45) is 6.02. The van der Waals surface area contributed by atoms with Crippen molar-refractivity contribution in [2.45, 2.75) is 63.8 Å². The van der Waals surface area contributed by atoms with E-state index in [0.29, 0.717) is 12.0 Å². The first-order valence-electron chi connectivity index (χ1n) is 7.66. The molecule has 1 aliphatic carbocycles. The lowest BCUT2D eigenvalue weighted by atomic mass is 9.96. The zero-order valence-corrected chi connectivity index (χ0v) is 13.4. The number of carbonyl (C=O) groups is 1. The first kappa shape index (κ1) is 13.2. The van der Waals surface area contributed by atoms with Gasteiger partial charge in [0.05, 0.1) is 14.1 Å². The Morgan fingerprint density at radius 2 is 2.05 bits per heavy atom. The Hall–Kier alpha value is -0.773. The topological polar surface area (TPSA) is 29.5 Å². The van der Waals surface area contributed by atoms with Gasteiger partial charge in [-0.2, -0.15) is 0 Å². The van der Waals surface area contributed by atoms with Gasteiger partial charge >= 0.3 is 6.09 Å². The monoisotopic (exact) mass is 279 g/mol. The van der Waals surface area contributed by atoms with Crippen molar-refractivity contribution in [2.24, 2.45) is 5.92 Å². The molecule has 3 nitrogen and oxygen atoms in total. The van der Waals surface area contributed by atoms with Crippen LogP contribution in [0.5, 0.6) is 0 Å². The third-order valence-corrected chi connectivity index (χ3v) is 6.02. The van der Waals surface area contributed by atoms with Crippen molar-refractivity contribution in [1.29, 1.82) is 0 Å². The molecule has 0 radical (unpaired) electrons. The van der Waals surface area contributed by atoms with Crippen molar-refractivity contribution in [3.8, 4) is 0 Å². The SMILES string of the molecule is C[Si](C)(C)CC1=C2CC[C@H]3CCCCN(C(=O)O1)[C@@H]23. The van der Waals surface area contributed by atoms with Crippen LogP contribution in [-0.4, -0.2) is 31.7 Å². The molecular weight excluding hydrogens is 254 g/mol. The van der Waals surface area contributed by atoms with E-state index in [1.165, 1.54) is 24.8 Å². The maximum atomic E-state index is 12.3. The molecule has 3 aliphatic rings. The van der Waals surface area contributed by atoms with Crippen LogP contribution in [0.15, 0.2) is 11.3 Å². The molecule has 0 bridgehead atoms. The third-order valence-electron chi connectivity index (χ3n) is 4.64. The number of cyclic esters (lactones) is 1. The van der Waals surface area contributed by atoms with Crippen LogP contribution < -0.4 is 0 Å². The summed E-state index contributed by atoms with van der Waals surface area (Å²) in [6.45, 7) is 7.94. The fourth-order valence-corrected chi connectivity index (χ4v) is 5.14. The van der Waals surface area contributed by atoms with Gasteiger partial charge in [0.15, 0.2) is 0 Å². The van der Waals surface area contributed by atoms with Crippen molar-refractivity contribution in [2.75, 3.05) is 6.54 Å². The maximum Gasteiger partial charge on any atom is 0.415 e. The molecular formula is C15H25NO2Si. The number of carbonyl (C=O) groups excluding carboxylic acids is 1. The predicted octanol–water partition coefficient (Wildman–Crippen LogP) is 3.99. The molecule has 0 spiro atoms. The first-order valence-corrected chi connectivity index (χ1v) is 11.4. The summed E-state index contributed by atoms with van der Waals surface area (Å²) < 4.78 is 5.72. The fraction of sp³-hybridized carbons (Fsp3) is 0.800. The van der Waals surface area contributed by atoms with Crippen LogP contribution in [-0.2, 0) is 4.74 Å². The van der Waals surface area contributed by atoms with Crippen LogP contribution in [0.4, 0.5) is 4.79 Å². The molecule has 4 heteroatoms. The third kappa shape index (κ3) is 2.47. The summed E-state index contributed by atoms with van der Waals surface area (Å²) in [7, 11) is -1.24. The molecule has 2 atom stereocenters. The van der Waals surface area contributed by atoms with E-state index in [0.717, 1.165) is 31.2 Å².